The van der Waals surface area contributed by atoms with Gasteiger partial charge >= 0.3 is 0 Å². The Labute approximate surface area is 127 Å². The Balaban J connectivity index is 1.82. The first-order chi connectivity index (χ1) is 10.5. The number of hydrogen-bond acceptors (Lipinski definition) is 5. The van der Waals surface area contributed by atoms with Gasteiger partial charge in [-0.2, -0.15) is 0 Å². The van der Waals surface area contributed by atoms with Gasteiger partial charge in [0.05, 0.1) is 4.90 Å². The lowest BCUT2D eigenvalue weighted by atomic mass is 10.3. The monoisotopic (exact) mass is 322 g/mol. The van der Waals surface area contributed by atoms with Crippen molar-refractivity contribution in [3.05, 3.63) is 52.4 Å². The maximum atomic E-state index is 12.3. The minimum absolute atomic E-state index is 0.0597. The van der Waals surface area contributed by atoms with Crippen LogP contribution in [-0.4, -0.2) is 19.8 Å². The third-order valence-electron chi connectivity index (χ3n) is 3.31. The molecule has 8 heteroatoms. The second-order valence-electron chi connectivity index (χ2n) is 4.79. The first-order valence-corrected chi connectivity index (χ1v) is 7.99. The van der Waals surface area contributed by atoms with Crippen molar-refractivity contribution in [2.24, 2.45) is 7.05 Å². The van der Waals surface area contributed by atoms with Crippen LogP contribution in [0.5, 0.6) is 11.5 Å². The van der Waals surface area contributed by atoms with E-state index in [0.29, 0.717) is 17.1 Å². The Morgan fingerprint density at radius 3 is 2.82 bits per heavy atom. The number of fused-ring (bicyclic) bond motifs is 1. The number of benzene rings is 1. The van der Waals surface area contributed by atoms with E-state index in [0.717, 1.165) is 0 Å². The van der Waals surface area contributed by atoms with Crippen molar-refractivity contribution in [2.45, 2.75) is 11.4 Å². The lowest BCUT2D eigenvalue weighted by Gasteiger charge is -2.08. The standard InChI is InChI=1S/C14H14N2O5S/c1-16-6-2-3-10(14(16)17)8-15-22(18,19)11-4-5-12-13(7-11)21-9-20-12/h2-7,15H,8-9H2,1H3. The zero-order valence-electron chi connectivity index (χ0n) is 11.8. The fourth-order valence-electron chi connectivity index (χ4n) is 2.09. The molecule has 1 aliphatic rings. The first-order valence-electron chi connectivity index (χ1n) is 6.51. The Morgan fingerprint density at radius 2 is 2.00 bits per heavy atom. The van der Waals surface area contributed by atoms with Gasteiger partial charge in [-0.25, -0.2) is 13.1 Å². The van der Waals surface area contributed by atoms with E-state index in [9.17, 15) is 13.2 Å². The van der Waals surface area contributed by atoms with Crippen molar-refractivity contribution in [1.29, 1.82) is 0 Å². The molecule has 1 aliphatic heterocycles. The minimum atomic E-state index is -3.74. The summed E-state index contributed by atoms with van der Waals surface area (Å²) in [6.45, 7) is -0.00336. The molecule has 116 valence electrons. The molecule has 7 nitrogen and oxygen atoms in total. The molecule has 0 saturated carbocycles. The summed E-state index contributed by atoms with van der Waals surface area (Å²) in [5, 5.41) is 0. The summed E-state index contributed by atoms with van der Waals surface area (Å²) in [6.07, 6.45) is 1.61. The van der Waals surface area contributed by atoms with Crippen molar-refractivity contribution < 1.29 is 17.9 Å². The lowest BCUT2D eigenvalue weighted by Crippen LogP contribution is -2.28. The number of ether oxygens (including phenoxy) is 2. The Bertz CT molecular complexity index is 873. The molecule has 3 rings (SSSR count). The number of aryl methyl sites for hydroxylation is 1. The number of rotatable bonds is 4. The summed E-state index contributed by atoms with van der Waals surface area (Å²) in [4.78, 5) is 11.9. The number of aromatic nitrogens is 1. The number of nitrogens with one attached hydrogen (secondary N) is 1. The molecule has 0 fully saturated rings. The molecule has 1 N–H and O–H groups in total. The zero-order chi connectivity index (χ0) is 15.7. The van der Waals surface area contributed by atoms with Gasteiger partial charge in [-0.15, -0.1) is 0 Å². The average molecular weight is 322 g/mol. The van der Waals surface area contributed by atoms with E-state index < -0.39 is 10.0 Å². The summed E-state index contributed by atoms with van der Waals surface area (Å²) in [6, 6.07) is 7.64. The highest BCUT2D eigenvalue weighted by atomic mass is 32.2. The predicted molar refractivity (Wildman–Crippen MR) is 78.3 cm³/mol. The zero-order valence-corrected chi connectivity index (χ0v) is 12.6. The average Bonchev–Trinajstić information content (AvgIpc) is 2.96. The molecule has 0 spiro atoms. The number of sulfonamides is 1. The molecule has 0 bridgehead atoms. The molecule has 0 aliphatic carbocycles. The van der Waals surface area contributed by atoms with Gasteiger partial charge in [0.2, 0.25) is 16.8 Å². The van der Waals surface area contributed by atoms with Gasteiger partial charge in [-0.05, 0) is 18.2 Å². The molecule has 1 aromatic carbocycles. The second kappa shape index (κ2) is 5.47. The topological polar surface area (TPSA) is 86.6 Å². The van der Waals surface area contributed by atoms with Gasteiger partial charge in [0.1, 0.15) is 0 Å². The van der Waals surface area contributed by atoms with E-state index in [4.69, 9.17) is 9.47 Å². The van der Waals surface area contributed by atoms with Crippen LogP contribution in [0.2, 0.25) is 0 Å². The van der Waals surface area contributed by atoms with Gasteiger partial charge in [0.15, 0.2) is 11.5 Å². The second-order valence-corrected chi connectivity index (χ2v) is 6.56. The highest BCUT2D eigenvalue weighted by Crippen LogP contribution is 2.33. The van der Waals surface area contributed by atoms with Crippen LogP contribution in [0.1, 0.15) is 5.56 Å². The molecular formula is C14H14N2O5S. The van der Waals surface area contributed by atoms with Crippen LogP contribution in [0, 0.1) is 0 Å². The Kier molecular flexibility index (Phi) is 3.63. The van der Waals surface area contributed by atoms with Crippen LogP contribution in [0.15, 0.2) is 46.2 Å². The summed E-state index contributed by atoms with van der Waals surface area (Å²) >= 11 is 0. The molecule has 0 unspecified atom stereocenters. The number of pyridine rings is 1. The van der Waals surface area contributed by atoms with E-state index in [1.54, 1.807) is 31.4 Å². The molecule has 22 heavy (non-hydrogen) atoms. The number of nitrogens with zero attached hydrogens (tertiary/aromatic N) is 1. The predicted octanol–water partition coefficient (Wildman–Crippen LogP) is 0.592. The van der Waals surface area contributed by atoms with Gasteiger partial charge < -0.3 is 14.0 Å². The molecular weight excluding hydrogens is 308 g/mol. The van der Waals surface area contributed by atoms with Crippen LogP contribution in [0.3, 0.4) is 0 Å². The molecule has 0 atom stereocenters. The molecule has 0 amide bonds. The van der Waals surface area contributed by atoms with E-state index in [1.807, 2.05) is 0 Å². The third-order valence-corrected chi connectivity index (χ3v) is 4.71. The Morgan fingerprint density at radius 1 is 1.23 bits per heavy atom. The van der Waals surface area contributed by atoms with Crippen molar-refractivity contribution in [1.82, 2.24) is 9.29 Å². The van der Waals surface area contributed by atoms with Crippen LogP contribution in [0.4, 0.5) is 0 Å². The van der Waals surface area contributed by atoms with Gasteiger partial charge in [0, 0.05) is 31.4 Å². The Hall–Kier alpha value is -2.32. The van der Waals surface area contributed by atoms with Gasteiger partial charge in [-0.3, -0.25) is 4.79 Å². The van der Waals surface area contributed by atoms with Crippen LogP contribution in [0.25, 0.3) is 0 Å². The van der Waals surface area contributed by atoms with Crippen LogP contribution >= 0.6 is 0 Å². The summed E-state index contributed by atoms with van der Waals surface area (Å²) < 4.78 is 38.7. The highest BCUT2D eigenvalue weighted by Gasteiger charge is 2.20. The molecule has 1 aromatic heterocycles. The fourth-order valence-corrected chi connectivity index (χ4v) is 3.11. The van der Waals surface area contributed by atoms with E-state index in [1.165, 1.54) is 16.7 Å². The van der Waals surface area contributed by atoms with Gasteiger partial charge in [0.25, 0.3) is 5.56 Å². The van der Waals surface area contributed by atoms with Crippen molar-refractivity contribution in [3.8, 4) is 11.5 Å². The minimum Gasteiger partial charge on any atom is -0.454 e. The molecule has 0 radical (unpaired) electrons. The molecule has 2 aromatic rings. The van der Waals surface area contributed by atoms with Gasteiger partial charge in [-0.1, -0.05) is 6.07 Å². The van der Waals surface area contributed by atoms with Crippen molar-refractivity contribution >= 4 is 10.0 Å². The largest absolute Gasteiger partial charge is 0.454 e. The smallest absolute Gasteiger partial charge is 0.254 e. The first kappa shape index (κ1) is 14.6. The summed E-state index contributed by atoms with van der Waals surface area (Å²) in [5.41, 5.74) is 0.130. The third kappa shape index (κ3) is 2.70. The summed E-state index contributed by atoms with van der Waals surface area (Å²) in [7, 11) is -2.13. The van der Waals surface area contributed by atoms with Crippen LogP contribution in [-0.2, 0) is 23.6 Å². The fraction of sp³-hybridized carbons (Fsp3) is 0.214. The quantitative estimate of drug-likeness (QED) is 0.890. The maximum absolute atomic E-state index is 12.3. The SMILES string of the molecule is Cn1cccc(CNS(=O)(=O)c2ccc3c(c2)OCO3)c1=O. The molecule has 2 heterocycles. The highest BCUT2D eigenvalue weighted by molar-refractivity contribution is 7.89. The van der Waals surface area contributed by atoms with Crippen molar-refractivity contribution in [2.75, 3.05) is 6.79 Å². The van der Waals surface area contributed by atoms with E-state index >= 15 is 0 Å². The van der Waals surface area contributed by atoms with Crippen molar-refractivity contribution in [3.63, 3.8) is 0 Å². The number of hydrogen-bond donors (Lipinski definition) is 1. The molecule has 0 saturated heterocycles. The lowest BCUT2D eigenvalue weighted by molar-refractivity contribution is 0.174. The maximum Gasteiger partial charge on any atom is 0.254 e. The normalized spacial score (nSPS) is 13.3. The van der Waals surface area contributed by atoms with E-state index in [-0.39, 0.29) is 23.8 Å². The van der Waals surface area contributed by atoms with Crippen LogP contribution < -0.4 is 19.8 Å². The summed E-state index contributed by atoms with van der Waals surface area (Å²) in [5.74, 6) is 0.898. The van der Waals surface area contributed by atoms with E-state index in [2.05, 4.69) is 4.72 Å².